The van der Waals surface area contributed by atoms with Crippen LogP contribution in [0.25, 0.3) is 0 Å². The van der Waals surface area contributed by atoms with Crippen molar-refractivity contribution in [1.82, 2.24) is 4.31 Å². The van der Waals surface area contributed by atoms with Gasteiger partial charge in [0.25, 0.3) is 5.91 Å². The summed E-state index contributed by atoms with van der Waals surface area (Å²) >= 11 is 5.53. The van der Waals surface area contributed by atoms with Crippen LogP contribution in [0, 0.1) is 0 Å². The molecule has 2 aromatic rings. The summed E-state index contributed by atoms with van der Waals surface area (Å²) in [7, 11) is -0.904. The van der Waals surface area contributed by atoms with Crippen LogP contribution >= 0.6 is 11.6 Å². The van der Waals surface area contributed by atoms with Gasteiger partial charge in [-0.05, 0) is 42.5 Å². The minimum absolute atomic E-state index is 0.00935. The predicted molar refractivity (Wildman–Crippen MR) is 91.7 cm³/mol. The molecule has 140 valence electrons. The summed E-state index contributed by atoms with van der Waals surface area (Å²) in [4.78, 5) is 12.2. The highest BCUT2D eigenvalue weighted by atomic mass is 35.5. The molecule has 0 spiro atoms. The molecular weight excluding hydrogens is 393 g/mol. The molecule has 0 heterocycles. The number of benzene rings is 2. The van der Waals surface area contributed by atoms with Crippen LogP contribution in [0.1, 0.15) is 15.9 Å². The Morgan fingerprint density at radius 2 is 1.65 bits per heavy atom. The Kier molecular flexibility index (Phi) is 5.64. The average molecular weight is 407 g/mol. The van der Waals surface area contributed by atoms with Crippen molar-refractivity contribution in [3.63, 3.8) is 0 Å². The fourth-order valence-electron chi connectivity index (χ4n) is 2.01. The van der Waals surface area contributed by atoms with E-state index in [2.05, 4.69) is 5.32 Å². The first-order valence-electron chi connectivity index (χ1n) is 7.13. The summed E-state index contributed by atoms with van der Waals surface area (Å²) in [6.45, 7) is 0. The molecule has 0 bridgehead atoms. The Hall–Kier alpha value is -2.10. The lowest BCUT2D eigenvalue weighted by atomic mass is 10.1. The molecule has 0 aromatic heterocycles. The van der Waals surface area contributed by atoms with Crippen molar-refractivity contribution in [3.05, 3.63) is 58.6 Å². The molecule has 2 rings (SSSR count). The van der Waals surface area contributed by atoms with Gasteiger partial charge in [0.05, 0.1) is 15.5 Å². The molecule has 10 heteroatoms. The van der Waals surface area contributed by atoms with E-state index in [0.717, 1.165) is 16.4 Å². The molecule has 0 aliphatic carbocycles. The van der Waals surface area contributed by atoms with E-state index in [1.54, 1.807) is 0 Å². The summed E-state index contributed by atoms with van der Waals surface area (Å²) < 4.78 is 63.5. The molecule has 0 atom stereocenters. The lowest BCUT2D eigenvalue weighted by Gasteiger charge is -2.13. The maximum Gasteiger partial charge on any atom is 0.417 e. The average Bonchev–Trinajstić information content (AvgIpc) is 2.55. The Morgan fingerprint density at radius 3 is 2.15 bits per heavy atom. The first-order chi connectivity index (χ1) is 11.9. The summed E-state index contributed by atoms with van der Waals surface area (Å²) in [6.07, 6.45) is -4.65. The van der Waals surface area contributed by atoms with Gasteiger partial charge in [0.1, 0.15) is 0 Å². The first-order valence-corrected chi connectivity index (χ1v) is 8.95. The molecule has 0 saturated heterocycles. The zero-order valence-corrected chi connectivity index (χ0v) is 15.2. The molecule has 0 unspecified atom stereocenters. The van der Waals surface area contributed by atoms with Crippen LogP contribution in [0.5, 0.6) is 0 Å². The Bertz CT molecular complexity index is 927. The number of nitrogens with one attached hydrogen (secondary N) is 1. The minimum Gasteiger partial charge on any atom is -0.322 e. The van der Waals surface area contributed by atoms with Gasteiger partial charge >= 0.3 is 6.18 Å². The van der Waals surface area contributed by atoms with Gasteiger partial charge in [-0.1, -0.05) is 11.6 Å². The van der Waals surface area contributed by atoms with Crippen molar-refractivity contribution in [2.24, 2.45) is 0 Å². The van der Waals surface area contributed by atoms with E-state index in [-0.39, 0.29) is 16.1 Å². The number of rotatable bonds is 4. The number of hydrogen-bond acceptors (Lipinski definition) is 3. The second-order valence-corrected chi connectivity index (χ2v) is 8.02. The van der Waals surface area contributed by atoms with Crippen LogP contribution in [0.2, 0.25) is 5.02 Å². The zero-order chi connectivity index (χ0) is 19.7. The molecule has 5 nitrogen and oxygen atoms in total. The summed E-state index contributed by atoms with van der Waals surface area (Å²) in [5, 5.41) is 1.84. The highest BCUT2D eigenvalue weighted by Gasteiger charge is 2.33. The van der Waals surface area contributed by atoms with E-state index in [4.69, 9.17) is 11.6 Å². The summed E-state index contributed by atoms with van der Waals surface area (Å²) in [5.41, 5.74) is -1.06. The predicted octanol–water partition coefficient (Wildman–Crippen LogP) is 3.86. The van der Waals surface area contributed by atoms with Gasteiger partial charge in [0.15, 0.2) is 0 Å². The van der Waals surface area contributed by atoms with Crippen LogP contribution in [-0.2, 0) is 16.2 Å². The normalized spacial score (nSPS) is 12.3. The van der Waals surface area contributed by atoms with Gasteiger partial charge in [-0.2, -0.15) is 13.2 Å². The lowest BCUT2D eigenvalue weighted by Crippen LogP contribution is -2.22. The van der Waals surface area contributed by atoms with Gasteiger partial charge in [0.2, 0.25) is 10.0 Å². The molecule has 2 aromatic carbocycles. The maximum absolute atomic E-state index is 12.9. The smallest absolute Gasteiger partial charge is 0.322 e. The first kappa shape index (κ1) is 20.2. The highest BCUT2D eigenvalue weighted by molar-refractivity contribution is 7.89. The summed E-state index contributed by atoms with van der Waals surface area (Å²) in [6, 6.07) is 8.03. The number of anilines is 1. The number of sulfonamides is 1. The topological polar surface area (TPSA) is 66.5 Å². The number of amides is 1. The molecule has 0 radical (unpaired) electrons. The molecule has 26 heavy (non-hydrogen) atoms. The lowest BCUT2D eigenvalue weighted by molar-refractivity contribution is -0.137. The molecule has 0 fully saturated rings. The Morgan fingerprint density at radius 1 is 1.08 bits per heavy atom. The Labute approximate surface area is 153 Å². The van der Waals surface area contributed by atoms with E-state index < -0.39 is 32.7 Å². The van der Waals surface area contributed by atoms with E-state index in [1.807, 2.05) is 0 Å². The van der Waals surface area contributed by atoms with Gasteiger partial charge in [-0.3, -0.25) is 4.79 Å². The maximum atomic E-state index is 12.9. The fraction of sp³-hybridized carbons (Fsp3) is 0.188. The van der Waals surface area contributed by atoms with Crippen LogP contribution in [-0.4, -0.2) is 32.7 Å². The summed E-state index contributed by atoms with van der Waals surface area (Å²) in [5.74, 6) is -0.686. The molecule has 1 amide bonds. The Balaban J connectivity index is 2.24. The molecule has 0 aliphatic rings. The van der Waals surface area contributed by atoms with Crippen molar-refractivity contribution < 1.29 is 26.4 Å². The SMILES string of the molecule is CN(C)S(=O)(=O)c1ccc(C(=O)Nc2ccc(Cl)c(C(F)(F)F)c2)cc1. The number of nitrogens with zero attached hydrogens (tertiary/aromatic N) is 1. The number of halogens is 4. The van der Waals surface area contributed by atoms with Crippen molar-refractivity contribution in [2.45, 2.75) is 11.1 Å². The largest absolute Gasteiger partial charge is 0.417 e. The van der Waals surface area contributed by atoms with Crippen molar-refractivity contribution >= 4 is 33.2 Å². The minimum atomic E-state index is -4.65. The number of carbonyl (C=O) groups is 1. The van der Waals surface area contributed by atoms with Crippen LogP contribution in [0.3, 0.4) is 0 Å². The van der Waals surface area contributed by atoms with E-state index in [1.165, 1.54) is 44.4 Å². The standard InChI is InChI=1S/C16H14ClF3N2O3S/c1-22(2)26(24,25)12-6-3-10(4-7-12)15(23)21-11-5-8-14(17)13(9-11)16(18,19)20/h3-9H,1-2H3,(H,21,23). The quantitative estimate of drug-likeness (QED) is 0.838. The second-order valence-electron chi connectivity index (χ2n) is 5.46. The number of hydrogen-bond donors (Lipinski definition) is 1. The highest BCUT2D eigenvalue weighted by Crippen LogP contribution is 2.36. The third kappa shape index (κ3) is 4.35. The number of alkyl halides is 3. The second kappa shape index (κ2) is 7.26. The molecule has 0 saturated carbocycles. The van der Waals surface area contributed by atoms with Crippen LogP contribution in [0.15, 0.2) is 47.4 Å². The van der Waals surface area contributed by atoms with E-state index in [0.29, 0.717) is 0 Å². The van der Waals surface area contributed by atoms with Gasteiger partial charge < -0.3 is 5.32 Å². The fourth-order valence-corrected chi connectivity index (χ4v) is 3.14. The van der Waals surface area contributed by atoms with Crippen molar-refractivity contribution in [2.75, 3.05) is 19.4 Å². The van der Waals surface area contributed by atoms with E-state index >= 15 is 0 Å². The van der Waals surface area contributed by atoms with Crippen LogP contribution in [0.4, 0.5) is 18.9 Å². The molecule has 1 N–H and O–H groups in total. The van der Waals surface area contributed by atoms with Crippen LogP contribution < -0.4 is 5.32 Å². The number of carbonyl (C=O) groups excluding carboxylic acids is 1. The van der Waals surface area contributed by atoms with Gasteiger partial charge in [-0.25, -0.2) is 12.7 Å². The van der Waals surface area contributed by atoms with Crippen molar-refractivity contribution in [3.8, 4) is 0 Å². The monoisotopic (exact) mass is 406 g/mol. The van der Waals surface area contributed by atoms with Crippen molar-refractivity contribution in [1.29, 1.82) is 0 Å². The third-order valence-electron chi connectivity index (χ3n) is 3.42. The third-order valence-corrected chi connectivity index (χ3v) is 5.58. The van der Waals surface area contributed by atoms with Gasteiger partial charge in [0, 0.05) is 25.3 Å². The van der Waals surface area contributed by atoms with Gasteiger partial charge in [-0.15, -0.1) is 0 Å². The molecule has 0 aliphatic heterocycles. The van der Waals surface area contributed by atoms with E-state index in [9.17, 15) is 26.4 Å². The zero-order valence-electron chi connectivity index (χ0n) is 13.6. The molecular formula is C16H14ClF3N2O3S.